The molecule has 0 N–H and O–H groups in total. The molecule has 0 bridgehead atoms. The van der Waals surface area contributed by atoms with Gasteiger partial charge in [-0.05, 0) is 83.7 Å². The first-order valence-electron chi connectivity index (χ1n) is 10.2. The molecule has 0 aliphatic carbocycles. The lowest BCUT2D eigenvalue weighted by atomic mass is 9.88. The number of hydrogen-bond donors (Lipinski definition) is 0. The fourth-order valence-corrected chi connectivity index (χ4v) is 3.92. The van der Waals surface area contributed by atoms with Crippen LogP contribution in [0.15, 0.2) is 90.0 Å². The van der Waals surface area contributed by atoms with E-state index in [2.05, 4.69) is 114 Å². The van der Waals surface area contributed by atoms with Gasteiger partial charge in [-0.15, -0.1) is 0 Å². The highest BCUT2D eigenvalue weighted by molar-refractivity contribution is 5.90. The van der Waals surface area contributed by atoms with Gasteiger partial charge in [0.15, 0.2) is 0 Å². The summed E-state index contributed by atoms with van der Waals surface area (Å²) in [6.07, 6.45) is 5.62. The van der Waals surface area contributed by atoms with Crippen molar-refractivity contribution in [2.45, 2.75) is 48.5 Å². The maximum Gasteiger partial charge on any atom is -0.00334 e. The van der Waals surface area contributed by atoms with E-state index in [0.717, 1.165) is 6.42 Å². The number of allylic oxidation sites excluding steroid dienone is 4. The molecule has 3 aromatic rings. The average molecular weight is 383 g/mol. The second kappa shape index (κ2) is 10.1. The summed E-state index contributed by atoms with van der Waals surface area (Å²) in [5.41, 5.74) is 6.56. The molecule has 0 aliphatic rings. The minimum Gasteiger partial charge on any atom is -0.0813 e. The van der Waals surface area contributed by atoms with Gasteiger partial charge in [-0.2, -0.15) is 0 Å². The van der Waals surface area contributed by atoms with Gasteiger partial charge in [-0.1, -0.05) is 92.7 Å². The average Bonchev–Trinajstić information content (AvgIpc) is 2.71. The van der Waals surface area contributed by atoms with E-state index < -0.39 is 0 Å². The summed E-state index contributed by atoms with van der Waals surface area (Å²) in [6.45, 7) is 11.0. The third-order valence-corrected chi connectivity index (χ3v) is 5.27. The van der Waals surface area contributed by atoms with E-state index in [4.69, 9.17) is 0 Å². The smallest absolute Gasteiger partial charge is 0.00334 e. The van der Waals surface area contributed by atoms with Gasteiger partial charge in [0.25, 0.3) is 0 Å². The van der Waals surface area contributed by atoms with E-state index in [9.17, 15) is 0 Å². The standard InChI is InChI=1S/C28H30.CH4/c1-6-12-21(5)25(7-2)28(27-16-11-10-15-26(27)20(3)4)24-18-17-22-13-8-9-14-23(22)19-24;/h7-19H,6H2,1-5H3;1H4/b21-12-,25-7+,28-27-;. The van der Waals surface area contributed by atoms with Crippen molar-refractivity contribution in [1.82, 2.24) is 0 Å². The molecule has 0 heterocycles. The van der Waals surface area contributed by atoms with Crippen molar-refractivity contribution in [2.75, 3.05) is 0 Å². The molecule has 3 aromatic carbocycles. The normalized spacial score (nSPS) is 13.1. The zero-order chi connectivity index (χ0) is 20.1. The van der Waals surface area contributed by atoms with Gasteiger partial charge in [0.2, 0.25) is 0 Å². The Bertz CT molecular complexity index is 1170. The summed E-state index contributed by atoms with van der Waals surface area (Å²) in [6, 6.07) is 24.2. The Kier molecular flexibility index (Phi) is 7.79. The van der Waals surface area contributed by atoms with E-state index in [0.29, 0.717) is 0 Å². The molecule has 0 fully saturated rings. The van der Waals surface area contributed by atoms with Crippen molar-refractivity contribution < 1.29 is 0 Å². The van der Waals surface area contributed by atoms with Crippen LogP contribution in [0.1, 0.15) is 54.0 Å². The van der Waals surface area contributed by atoms with Gasteiger partial charge in [-0.25, -0.2) is 0 Å². The maximum atomic E-state index is 2.33. The van der Waals surface area contributed by atoms with Crippen LogP contribution >= 0.6 is 0 Å². The van der Waals surface area contributed by atoms with Crippen LogP contribution in [0.2, 0.25) is 0 Å². The molecule has 3 rings (SSSR count). The van der Waals surface area contributed by atoms with Crippen LogP contribution in [0.3, 0.4) is 0 Å². The Morgan fingerprint density at radius 2 is 1.41 bits per heavy atom. The van der Waals surface area contributed by atoms with Gasteiger partial charge in [0.1, 0.15) is 0 Å². The zero-order valence-corrected chi connectivity index (χ0v) is 17.7. The van der Waals surface area contributed by atoms with Gasteiger partial charge in [-0.3, -0.25) is 0 Å². The molecule has 29 heavy (non-hydrogen) atoms. The maximum absolute atomic E-state index is 2.33. The fraction of sp³-hybridized carbons (Fsp3) is 0.241. The highest BCUT2D eigenvalue weighted by Crippen LogP contribution is 2.28. The molecule has 0 saturated heterocycles. The van der Waals surface area contributed by atoms with Crippen LogP contribution in [0.25, 0.3) is 21.9 Å². The number of fused-ring (bicyclic) bond motifs is 1. The Balaban J connectivity index is 0.00000300. The third-order valence-electron chi connectivity index (χ3n) is 5.27. The first kappa shape index (κ1) is 22.4. The minimum atomic E-state index is 0. The molecule has 150 valence electrons. The largest absolute Gasteiger partial charge is 0.0813 e. The van der Waals surface area contributed by atoms with Crippen molar-refractivity contribution in [3.8, 4) is 0 Å². The van der Waals surface area contributed by atoms with Crippen molar-refractivity contribution in [3.63, 3.8) is 0 Å². The first-order chi connectivity index (χ1) is 13.6. The molecule has 0 radical (unpaired) electrons. The molecule has 0 spiro atoms. The van der Waals surface area contributed by atoms with Crippen molar-refractivity contribution in [1.29, 1.82) is 0 Å². The molecule has 0 nitrogen and oxygen atoms in total. The van der Waals surface area contributed by atoms with Crippen LogP contribution < -0.4 is 10.4 Å². The summed E-state index contributed by atoms with van der Waals surface area (Å²) < 4.78 is 0. The molecule has 0 unspecified atom stereocenters. The SMILES string of the molecule is C.C/C=C(C(\C)=C/CC)/C(c1ccc2ccccc2c1)=c1/ccccc1=C(C)C. The van der Waals surface area contributed by atoms with E-state index in [1.165, 1.54) is 49.1 Å². The topological polar surface area (TPSA) is 0 Å². The summed E-state index contributed by atoms with van der Waals surface area (Å²) >= 11 is 0. The lowest BCUT2D eigenvalue weighted by Gasteiger charge is -2.16. The van der Waals surface area contributed by atoms with Crippen molar-refractivity contribution >= 4 is 21.9 Å². The van der Waals surface area contributed by atoms with E-state index in [1.807, 2.05) is 0 Å². The van der Waals surface area contributed by atoms with Gasteiger partial charge in [0, 0.05) is 0 Å². The number of benzene rings is 3. The lowest BCUT2D eigenvalue weighted by Crippen LogP contribution is -2.29. The highest BCUT2D eigenvalue weighted by Gasteiger charge is 2.12. The first-order valence-corrected chi connectivity index (χ1v) is 10.2. The van der Waals surface area contributed by atoms with Crippen molar-refractivity contribution in [2.24, 2.45) is 0 Å². The fourth-order valence-electron chi connectivity index (χ4n) is 3.92. The van der Waals surface area contributed by atoms with E-state index >= 15 is 0 Å². The lowest BCUT2D eigenvalue weighted by molar-refractivity contribution is 1.18. The Hall–Kier alpha value is -2.86. The molecular weight excluding hydrogens is 348 g/mol. The van der Waals surface area contributed by atoms with Crippen LogP contribution in [-0.4, -0.2) is 0 Å². The summed E-state index contributed by atoms with van der Waals surface area (Å²) in [4.78, 5) is 0. The number of rotatable bonds is 4. The van der Waals surface area contributed by atoms with Gasteiger partial charge < -0.3 is 0 Å². The van der Waals surface area contributed by atoms with Gasteiger partial charge >= 0.3 is 0 Å². The van der Waals surface area contributed by atoms with Crippen molar-refractivity contribution in [3.05, 3.63) is 106 Å². The number of hydrogen-bond acceptors (Lipinski definition) is 0. The minimum absolute atomic E-state index is 0. The second-order valence-electron chi connectivity index (χ2n) is 7.48. The molecule has 0 saturated carbocycles. The quantitative estimate of drug-likeness (QED) is 0.420. The molecule has 0 aliphatic heterocycles. The summed E-state index contributed by atoms with van der Waals surface area (Å²) in [5, 5.41) is 5.17. The third kappa shape index (κ3) is 4.77. The second-order valence-corrected chi connectivity index (χ2v) is 7.48. The van der Waals surface area contributed by atoms with Crippen LogP contribution in [0.4, 0.5) is 0 Å². The Morgan fingerprint density at radius 3 is 2.03 bits per heavy atom. The summed E-state index contributed by atoms with van der Waals surface area (Å²) in [5.74, 6) is 0. The molecule has 0 heteroatoms. The molecule has 0 aromatic heterocycles. The Labute approximate surface area is 176 Å². The highest BCUT2D eigenvalue weighted by atomic mass is 14.2. The van der Waals surface area contributed by atoms with E-state index in [1.54, 1.807) is 0 Å². The zero-order valence-electron chi connectivity index (χ0n) is 17.7. The molecule has 0 atom stereocenters. The van der Waals surface area contributed by atoms with Crippen LogP contribution in [0.5, 0.6) is 0 Å². The monoisotopic (exact) mass is 382 g/mol. The Morgan fingerprint density at radius 1 is 0.793 bits per heavy atom. The predicted octanol–water partition coefficient (Wildman–Crippen LogP) is 7.17. The summed E-state index contributed by atoms with van der Waals surface area (Å²) in [7, 11) is 0. The molecular formula is C29H34. The molecule has 0 amide bonds. The van der Waals surface area contributed by atoms with Gasteiger partial charge in [0.05, 0.1) is 0 Å². The van der Waals surface area contributed by atoms with Crippen LogP contribution in [-0.2, 0) is 0 Å². The van der Waals surface area contributed by atoms with E-state index in [-0.39, 0.29) is 7.43 Å². The van der Waals surface area contributed by atoms with Crippen LogP contribution in [0, 0.1) is 0 Å². The predicted molar refractivity (Wildman–Crippen MR) is 131 cm³/mol.